The van der Waals surface area contributed by atoms with Gasteiger partial charge < -0.3 is 20.3 Å². The highest BCUT2D eigenvalue weighted by atomic mass is 127. The zero-order valence-corrected chi connectivity index (χ0v) is 19.0. The molecule has 1 aromatic carbocycles. The Kier molecular flexibility index (Phi) is 11.7. The lowest BCUT2D eigenvalue weighted by Gasteiger charge is -2.33. The maximum Gasteiger partial charge on any atom is 0.191 e. The number of halogens is 2. The number of aliphatic imine (C=N–C) groups is 1. The Balaban J connectivity index is 0.00000312. The number of hydrogen-bond acceptors (Lipinski definition) is 3. The first kappa shape index (κ1) is 22.7. The van der Waals surface area contributed by atoms with Crippen LogP contribution in [0.5, 0.6) is 0 Å². The summed E-state index contributed by atoms with van der Waals surface area (Å²) in [7, 11) is 3.60. The first-order valence-corrected chi connectivity index (χ1v) is 9.43. The smallest absolute Gasteiger partial charge is 0.191 e. The van der Waals surface area contributed by atoms with Crippen molar-refractivity contribution >= 4 is 45.9 Å². The monoisotopic (exact) mass is 524 g/mol. The van der Waals surface area contributed by atoms with E-state index in [4.69, 9.17) is 4.74 Å². The van der Waals surface area contributed by atoms with E-state index in [1.807, 2.05) is 7.05 Å². The molecule has 1 saturated heterocycles. The summed E-state index contributed by atoms with van der Waals surface area (Å²) in [6.45, 7) is 5.06. The molecule has 1 heterocycles. The average Bonchev–Trinajstić information content (AvgIpc) is 2.61. The molecule has 142 valence electrons. The van der Waals surface area contributed by atoms with E-state index >= 15 is 0 Å². The number of likely N-dealkylation sites (tertiary alicyclic amines) is 1. The van der Waals surface area contributed by atoms with Crippen LogP contribution in [0.3, 0.4) is 0 Å². The number of piperidine rings is 1. The van der Waals surface area contributed by atoms with Gasteiger partial charge in [0.1, 0.15) is 0 Å². The maximum absolute atomic E-state index is 5.13. The van der Waals surface area contributed by atoms with Crippen LogP contribution in [-0.2, 0) is 11.3 Å². The van der Waals surface area contributed by atoms with Crippen molar-refractivity contribution in [3.05, 3.63) is 34.3 Å². The van der Waals surface area contributed by atoms with Gasteiger partial charge in [-0.3, -0.25) is 4.99 Å². The Morgan fingerprint density at radius 3 is 2.56 bits per heavy atom. The zero-order valence-electron chi connectivity index (χ0n) is 15.1. The van der Waals surface area contributed by atoms with Gasteiger partial charge in [-0.15, -0.1) is 24.0 Å². The molecule has 0 spiro atoms. The average molecular weight is 525 g/mol. The van der Waals surface area contributed by atoms with Gasteiger partial charge in [0.05, 0.1) is 0 Å². The minimum atomic E-state index is 0. The van der Waals surface area contributed by atoms with Gasteiger partial charge in [-0.1, -0.05) is 28.1 Å². The van der Waals surface area contributed by atoms with E-state index < -0.39 is 0 Å². The molecule has 0 bridgehead atoms. The highest BCUT2D eigenvalue weighted by Crippen LogP contribution is 2.11. The predicted octanol–water partition coefficient (Wildman–Crippen LogP) is 3.23. The number of nitrogens with one attached hydrogen (secondary N) is 2. The highest BCUT2D eigenvalue weighted by Gasteiger charge is 2.19. The lowest BCUT2D eigenvalue weighted by Crippen LogP contribution is -2.48. The quantitative estimate of drug-likeness (QED) is 0.249. The molecule has 0 amide bonds. The van der Waals surface area contributed by atoms with E-state index in [0.717, 1.165) is 62.5 Å². The minimum Gasteiger partial charge on any atom is -0.385 e. The van der Waals surface area contributed by atoms with Crippen molar-refractivity contribution in [1.82, 2.24) is 15.5 Å². The van der Waals surface area contributed by atoms with Crippen LogP contribution >= 0.6 is 39.9 Å². The number of nitrogens with zero attached hydrogens (tertiary/aromatic N) is 2. The fourth-order valence-corrected chi connectivity index (χ4v) is 3.17. The topological polar surface area (TPSA) is 48.9 Å². The number of guanidine groups is 1. The predicted molar refractivity (Wildman–Crippen MR) is 119 cm³/mol. The van der Waals surface area contributed by atoms with Crippen LogP contribution in [0.4, 0.5) is 0 Å². The molecule has 2 rings (SSSR count). The molecule has 1 aliphatic rings. The molecule has 1 aliphatic heterocycles. The zero-order chi connectivity index (χ0) is 17.2. The Bertz CT molecular complexity index is 504. The van der Waals surface area contributed by atoms with Crippen molar-refractivity contribution < 1.29 is 4.74 Å². The van der Waals surface area contributed by atoms with Crippen molar-refractivity contribution in [2.24, 2.45) is 4.99 Å². The van der Waals surface area contributed by atoms with Gasteiger partial charge >= 0.3 is 0 Å². The summed E-state index contributed by atoms with van der Waals surface area (Å²) in [5.74, 6) is 0.885. The van der Waals surface area contributed by atoms with E-state index in [1.54, 1.807) is 7.11 Å². The summed E-state index contributed by atoms with van der Waals surface area (Å²) < 4.78 is 6.23. The second-order valence-corrected chi connectivity index (χ2v) is 7.07. The first-order valence-electron chi connectivity index (χ1n) is 8.64. The van der Waals surface area contributed by atoms with Crippen LogP contribution < -0.4 is 10.6 Å². The van der Waals surface area contributed by atoms with Crippen molar-refractivity contribution in [2.45, 2.75) is 31.8 Å². The van der Waals surface area contributed by atoms with Gasteiger partial charge in [-0.25, -0.2) is 0 Å². The molecule has 25 heavy (non-hydrogen) atoms. The number of hydrogen-bond donors (Lipinski definition) is 2. The van der Waals surface area contributed by atoms with Gasteiger partial charge in [0.2, 0.25) is 0 Å². The summed E-state index contributed by atoms with van der Waals surface area (Å²) >= 11 is 3.46. The number of methoxy groups -OCH3 is 1. The molecule has 5 nitrogen and oxygen atoms in total. The van der Waals surface area contributed by atoms with Gasteiger partial charge in [-0.2, -0.15) is 0 Å². The van der Waals surface area contributed by atoms with E-state index in [-0.39, 0.29) is 24.0 Å². The Morgan fingerprint density at radius 1 is 1.28 bits per heavy atom. The van der Waals surface area contributed by atoms with Crippen LogP contribution in [0.15, 0.2) is 33.7 Å². The van der Waals surface area contributed by atoms with E-state index in [9.17, 15) is 0 Å². The third kappa shape index (κ3) is 8.70. The van der Waals surface area contributed by atoms with Gasteiger partial charge in [0.15, 0.2) is 5.96 Å². The summed E-state index contributed by atoms with van der Waals surface area (Å²) in [4.78, 5) is 6.87. The summed E-state index contributed by atoms with van der Waals surface area (Å²) in [6, 6.07) is 8.85. The van der Waals surface area contributed by atoms with Crippen LogP contribution in [-0.4, -0.2) is 57.3 Å². The van der Waals surface area contributed by atoms with Crippen molar-refractivity contribution in [3.8, 4) is 0 Å². The normalized spacial score (nSPS) is 16.4. The standard InChI is InChI=1S/C18H29BrN4O.HI/c1-20-18(21-14-15-4-6-16(19)7-5-15)22-17-8-11-23(12-9-17)10-3-13-24-2;/h4-7,17H,3,8-14H2,1-2H3,(H2,20,21,22);1H. The van der Waals surface area contributed by atoms with Crippen LogP contribution in [0.2, 0.25) is 0 Å². The molecule has 0 aromatic heterocycles. The second kappa shape index (κ2) is 12.9. The largest absolute Gasteiger partial charge is 0.385 e. The number of ether oxygens (including phenoxy) is 1. The maximum atomic E-state index is 5.13. The summed E-state index contributed by atoms with van der Waals surface area (Å²) in [5, 5.41) is 6.95. The third-order valence-corrected chi connectivity index (χ3v) is 4.88. The molecule has 0 aliphatic carbocycles. The Labute approximate surface area is 177 Å². The molecule has 0 unspecified atom stereocenters. The third-order valence-electron chi connectivity index (χ3n) is 4.35. The summed E-state index contributed by atoms with van der Waals surface area (Å²) in [6.07, 6.45) is 3.43. The molecule has 7 heteroatoms. The molecule has 0 atom stereocenters. The molecule has 0 saturated carbocycles. The number of rotatable bonds is 7. The van der Waals surface area contributed by atoms with Crippen molar-refractivity contribution in [2.75, 3.05) is 40.4 Å². The SMILES string of the molecule is CN=C(NCc1ccc(Br)cc1)NC1CCN(CCCOC)CC1.I. The Hall–Kier alpha value is -0.380. The van der Waals surface area contributed by atoms with Gasteiger partial charge in [-0.05, 0) is 37.0 Å². The lowest BCUT2D eigenvalue weighted by molar-refractivity contribution is 0.155. The molecule has 1 fully saturated rings. The van der Waals surface area contributed by atoms with Crippen LogP contribution in [0, 0.1) is 0 Å². The minimum absolute atomic E-state index is 0. The van der Waals surface area contributed by atoms with Crippen molar-refractivity contribution in [1.29, 1.82) is 0 Å². The van der Waals surface area contributed by atoms with Crippen LogP contribution in [0.25, 0.3) is 0 Å². The fraction of sp³-hybridized carbons (Fsp3) is 0.611. The molecular formula is C18H30BrIN4O. The molecule has 2 N–H and O–H groups in total. The van der Waals surface area contributed by atoms with E-state index in [1.165, 1.54) is 5.56 Å². The number of benzene rings is 1. The lowest BCUT2D eigenvalue weighted by atomic mass is 10.1. The van der Waals surface area contributed by atoms with Gasteiger partial charge in [0.25, 0.3) is 0 Å². The van der Waals surface area contributed by atoms with Gasteiger partial charge in [0, 0.05) is 57.5 Å². The summed E-state index contributed by atoms with van der Waals surface area (Å²) in [5.41, 5.74) is 1.24. The first-order chi connectivity index (χ1) is 11.7. The molecule has 0 radical (unpaired) electrons. The van der Waals surface area contributed by atoms with Crippen LogP contribution in [0.1, 0.15) is 24.8 Å². The molecular weight excluding hydrogens is 495 g/mol. The Morgan fingerprint density at radius 2 is 1.96 bits per heavy atom. The highest BCUT2D eigenvalue weighted by molar-refractivity contribution is 14.0. The van der Waals surface area contributed by atoms with E-state index in [0.29, 0.717) is 6.04 Å². The van der Waals surface area contributed by atoms with Crippen molar-refractivity contribution in [3.63, 3.8) is 0 Å². The molecule has 1 aromatic rings. The second-order valence-electron chi connectivity index (χ2n) is 6.16. The van der Waals surface area contributed by atoms with E-state index in [2.05, 4.69) is 60.7 Å². The fourth-order valence-electron chi connectivity index (χ4n) is 2.91.